The molecule has 1 amide bonds. The number of amides is 1. The zero-order valence-electron chi connectivity index (χ0n) is 19.3. The molecule has 1 aliphatic heterocycles. The highest BCUT2D eigenvalue weighted by atomic mass is 35.5. The zero-order chi connectivity index (χ0) is 25.0. The van der Waals surface area contributed by atoms with Gasteiger partial charge in [-0.25, -0.2) is 15.0 Å². The second-order valence-corrected chi connectivity index (χ2v) is 8.36. The lowest BCUT2D eigenvalue weighted by molar-refractivity contribution is -0.118. The van der Waals surface area contributed by atoms with E-state index in [1.165, 1.54) is 13.3 Å². The summed E-state index contributed by atoms with van der Waals surface area (Å²) in [6.07, 6.45) is 6.72. The third-order valence-electron chi connectivity index (χ3n) is 5.57. The number of aliphatic imine (C=N–C) groups is 1. The lowest BCUT2D eigenvalue weighted by Crippen LogP contribution is -2.23. The fourth-order valence-electron chi connectivity index (χ4n) is 3.95. The van der Waals surface area contributed by atoms with Gasteiger partial charge < -0.3 is 10.1 Å². The Labute approximate surface area is 212 Å². The monoisotopic (exact) mass is 493 g/mol. The van der Waals surface area contributed by atoms with Crippen LogP contribution >= 0.6 is 11.6 Å². The van der Waals surface area contributed by atoms with Crippen LogP contribution in [0, 0.1) is 11.8 Å². The second-order valence-electron chi connectivity index (χ2n) is 8.00. The Morgan fingerprint density at radius 3 is 2.75 bits per heavy atom. The first kappa shape index (κ1) is 23.2. The van der Waals surface area contributed by atoms with Crippen molar-refractivity contribution in [3.8, 4) is 17.6 Å². The Hall–Kier alpha value is -4.54. The van der Waals surface area contributed by atoms with Crippen LogP contribution in [0.15, 0.2) is 90.0 Å². The molecule has 1 unspecified atom stereocenters. The zero-order valence-corrected chi connectivity index (χ0v) is 20.0. The SMILES string of the molecule is CC(=O)NCC#Cc1ccc2ncnc(C3(c4ccccc4)C=C(Oc4cccnc4Cl)C=N3)c2c1. The summed E-state index contributed by atoms with van der Waals surface area (Å²) in [5, 5.41) is 3.74. The van der Waals surface area contributed by atoms with Crippen LogP contribution in [0.25, 0.3) is 10.9 Å². The summed E-state index contributed by atoms with van der Waals surface area (Å²) in [5.41, 5.74) is 2.19. The largest absolute Gasteiger partial charge is 0.453 e. The molecule has 2 aromatic heterocycles. The van der Waals surface area contributed by atoms with Gasteiger partial charge in [0.2, 0.25) is 5.91 Å². The van der Waals surface area contributed by atoms with E-state index in [0.717, 1.165) is 22.0 Å². The average molecular weight is 494 g/mol. The Kier molecular flexibility index (Phi) is 6.44. The van der Waals surface area contributed by atoms with E-state index in [1.54, 1.807) is 24.5 Å². The first-order valence-electron chi connectivity index (χ1n) is 11.2. The molecule has 5 rings (SSSR count). The van der Waals surface area contributed by atoms with Gasteiger partial charge in [-0.2, -0.15) is 0 Å². The van der Waals surface area contributed by atoms with Crippen LogP contribution in [0.3, 0.4) is 0 Å². The molecule has 4 aromatic rings. The number of ether oxygens (including phenoxy) is 1. The molecule has 0 fully saturated rings. The lowest BCUT2D eigenvalue weighted by atomic mass is 9.85. The summed E-state index contributed by atoms with van der Waals surface area (Å²) in [6.45, 7) is 1.73. The number of hydrogen-bond acceptors (Lipinski definition) is 6. The van der Waals surface area contributed by atoms with Crippen molar-refractivity contribution >= 4 is 34.6 Å². The van der Waals surface area contributed by atoms with Gasteiger partial charge in [-0.05, 0) is 42.0 Å². The van der Waals surface area contributed by atoms with E-state index >= 15 is 0 Å². The molecule has 0 saturated heterocycles. The van der Waals surface area contributed by atoms with Crippen molar-refractivity contribution in [3.05, 3.63) is 107 Å². The molecule has 1 N–H and O–H groups in total. The average Bonchev–Trinajstić information content (AvgIpc) is 3.33. The van der Waals surface area contributed by atoms with Gasteiger partial charge in [0.05, 0.1) is 24.0 Å². The number of nitrogens with one attached hydrogen (secondary N) is 1. The van der Waals surface area contributed by atoms with Crippen LogP contribution in [-0.2, 0) is 10.3 Å². The summed E-state index contributed by atoms with van der Waals surface area (Å²) in [4.78, 5) is 29.2. The van der Waals surface area contributed by atoms with Gasteiger partial charge in [-0.3, -0.25) is 9.79 Å². The van der Waals surface area contributed by atoms with Gasteiger partial charge in [0.25, 0.3) is 0 Å². The molecule has 2 aromatic carbocycles. The van der Waals surface area contributed by atoms with Crippen molar-refractivity contribution in [3.63, 3.8) is 0 Å². The van der Waals surface area contributed by atoms with E-state index in [4.69, 9.17) is 21.3 Å². The Balaban J connectivity index is 1.62. The van der Waals surface area contributed by atoms with Gasteiger partial charge in [0.1, 0.15) is 12.1 Å². The van der Waals surface area contributed by atoms with Crippen molar-refractivity contribution < 1.29 is 9.53 Å². The maximum atomic E-state index is 11.1. The number of halogens is 1. The van der Waals surface area contributed by atoms with Gasteiger partial charge >= 0.3 is 0 Å². The first-order chi connectivity index (χ1) is 17.5. The molecule has 0 saturated carbocycles. The fourth-order valence-corrected chi connectivity index (χ4v) is 4.10. The van der Waals surface area contributed by atoms with Crippen molar-refractivity contribution in [2.45, 2.75) is 12.5 Å². The van der Waals surface area contributed by atoms with Crippen molar-refractivity contribution in [2.75, 3.05) is 6.54 Å². The van der Waals surface area contributed by atoms with E-state index in [9.17, 15) is 4.79 Å². The van der Waals surface area contributed by atoms with E-state index in [1.807, 2.05) is 54.6 Å². The van der Waals surface area contributed by atoms with Crippen LogP contribution < -0.4 is 10.1 Å². The minimum absolute atomic E-state index is 0.125. The molecule has 0 radical (unpaired) electrons. The van der Waals surface area contributed by atoms with E-state index < -0.39 is 5.54 Å². The highest BCUT2D eigenvalue weighted by Crippen LogP contribution is 2.41. The second kappa shape index (κ2) is 9.98. The predicted octanol–water partition coefficient (Wildman–Crippen LogP) is 4.46. The first-order valence-corrected chi connectivity index (χ1v) is 11.5. The molecule has 1 atom stereocenters. The van der Waals surface area contributed by atoms with Gasteiger partial charge in [0.15, 0.2) is 16.4 Å². The Bertz CT molecular complexity index is 1570. The van der Waals surface area contributed by atoms with Crippen LogP contribution in [0.4, 0.5) is 0 Å². The smallest absolute Gasteiger partial charge is 0.217 e. The van der Waals surface area contributed by atoms with Gasteiger partial charge in [0, 0.05) is 24.1 Å². The van der Waals surface area contributed by atoms with Crippen molar-refractivity contribution in [1.82, 2.24) is 20.3 Å². The Morgan fingerprint density at radius 2 is 1.94 bits per heavy atom. The maximum absolute atomic E-state index is 11.1. The Morgan fingerprint density at radius 1 is 1.08 bits per heavy atom. The van der Waals surface area contributed by atoms with Crippen LogP contribution in [-0.4, -0.2) is 33.6 Å². The molecular formula is C28H20ClN5O2. The summed E-state index contributed by atoms with van der Waals surface area (Å²) in [5.74, 6) is 6.88. The minimum atomic E-state index is -0.950. The molecule has 176 valence electrons. The quantitative estimate of drug-likeness (QED) is 0.327. The number of nitrogens with zero attached hydrogens (tertiary/aromatic N) is 4. The number of fused-ring (bicyclic) bond motifs is 1. The van der Waals surface area contributed by atoms with Crippen LogP contribution in [0.2, 0.25) is 5.15 Å². The number of pyridine rings is 1. The number of aromatic nitrogens is 3. The lowest BCUT2D eigenvalue weighted by Gasteiger charge is -2.25. The highest BCUT2D eigenvalue weighted by molar-refractivity contribution is 6.30. The van der Waals surface area contributed by atoms with Crippen LogP contribution in [0.1, 0.15) is 23.7 Å². The summed E-state index contributed by atoms with van der Waals surface area (Å²) >= 11 is 6.21. The highest BCUT2D eigenvalue weighted by Gasteiger charge is 2.38. The molecule has 0 spiro atoms. The van der Waals surface area contributed by atoms with Crippen molar-refractivity contribution in [1.29, 1.82) is 0 Å². The summed E-state index contributed by atoms with van der Waals surface area (Å²) < 4.78 is 6.04. The standard InChI is InChI=1S/C28H20ClN5O2/c1-19(35)30-13-5-7-20-11-12-24-23(15-20)26(33-18-32-24)28(21-8-3-2-4-9-21)16-22(17-34-28)36-25-10-6-14-31-27(25)29/h2-4,6,8-12,14-18H,13H2,1H3,(H,30,35). The maximum Gasteiger partial charge on any atom is 0.217 e. The topological polar surface area (TPSA) is 89.4 Å². The molecule has 0 aliphatic carbocycles. The molecule has 0 bridgehead atoms. The van der Waals surface area contributed by atoms with E-state index in [-0.39, 0.29) is 17.6 Å². The minimum Gasteiger partial charge on any atom is -0.453 e. The van der Waals surface area contributed by atoms with Crippen molar-refractivity contribution in [2.24, 2.45) is 4.99 Å². The van der Waals surface area contributed by atoms with Gasteiger partial charge in [-0.1, -0.05) is 53.8 Å². The normalized spacial score (nSPS) is 16.2. The number of carbonyl (C=O) groups is 1. The molecule has 7 nitrogen and oxygen atoms in total. The molecule has 8 heteroatoms. The fraction of sp³-hybridized carbons (Fsp3) is 0.107. The molecular weight excluding hydrogens is 474 g/mol. The molecule has 36 heavy (non-hydrogen) atoms. The number of allylic oxidation sites excluding steroid dienone is 1. The third-order valence-corrected chi connectivity index (χ3v) is 5.85. The summed E-state index contributed by atoms with van der Waals surface area (Å²) in [7, 11) is 0. The van der Waals surface area contributed by atoms with Crippen LogP contribution in [0.5, 0.6) is 5.75 Å². The van der Waals surface area contributed by atoms with E-state index in [2.05, 4.69) is 32.1 Å². The predicted molar refractivity (Wildman–Crippen MR) is 139 cm³/mol. The number of carbonyl (C=O) groups excluding carboxylic acids is 1. The molecule has 1 aliphatic rings. The molecule has 3 heterocycles. The summed E-state index contributed by atoms with van der Waals surface area (Å²) in [6, 6.07) is 19.1. The van der Waals surface area contributed by atoms with E-state index in [0.29, 0.717) is 17.2 Å². The van der Waals surface area contributed by atoms with Gasteiger partial charge in [-0.15, -0.1) is 0 Å². The third kappa shape index (κ3) is 4.67. The number of benzene rings is 2. The number of hydrogen-bond donors (Lipinski definition) is 1. The number of rotatable bonds is 5.